The number of ether oxygens (including phenoxy) is 1. The lowest BCUT2D eigenvalue weighted by molar-refractivity contribution is 0.0600. The Labute approximate surface area is 442 Å². The summed E-state index contributed by atoms with van der Waals surface area (Å²) in [4.78, 5) is 37.9. The zero-order valence-electron chi connectivity index (χ0n) is 38.7. The maximum absolute atomic E-state index is 13.3. The Morgan fingerprint density at radius 2 is 0.959 bits per heavy atom. The van der Waals surface area contributed by atoms with Gasteiger partial charge in [0, 0.05) is 62.1 Å². The summed E-state index contributed by atoms with van der Waals surface area (Å²) in [6.07, 6.45) is 2.42. The molecule has 73 heavy (non-hydrogen) atoms. The molecule has 0 bridgehead atoms. The molecule has 2 N–H and O–H groups in total. The van der Waals surface area contributed by atoms with Crippen LogP contribution in [0.2, 0.25) is 15.1 Å². The molecular formula is C48H45Cl3N10O8S4. The number of thiophene rings is 2. The summed E-state index contributed by atoms with van der Waals surface area (Å²) in [5.74, 6) is -0.950. The molecule has 2 aliphatic rings. The second-order valence-electron chi connectivity index (χ2n) is 17.0. The predicted octanol–water partition coefficient (Wildman–Crippen LogP) is 8.64. The van der Waals surface area contributed by atoms with E-state index in [4.69, 9.17) is 39.5 Å². The highest BCUT2D eigenvalue weighted by atomic mass is 35.5. The van der Waals surface area contributed by atoms with Gasteiger partial charge in [-0.25, -0.2) is 31.0 Å². The van der Waals surface area contributed by atoms with Crippen molar-refractivity contribution in [2.24, 2.45) is 0 Å². The molecule has 0 atom stereocenters. The highest BCUT2D eigenvalue weighted by molar-refractivity contribution is 7.91. The van der Waals surface area contributed by atoms with Crippen molar-refractivity contribution in [3.8, 4) is 0 Å². The molecule has 2 aliphatic heterocycles. The Morgan fingerprint density at radius 3 is 1.40 bits per heavy atom. The first kappa shape index (κ1) is 52.1. The number of hydrogen-bond donors (Lipinski definition) is 2. The number of esters is 1. The number of piperidine rings is 2. The van der Waals surface area contributed by atoms with E-state index in [-0.39, 0.29) is 45.4 Å². The van der Waals surface area contributed by atoms with Crippen LogP contribution in [0, 0.1) is 0 Å². The van der Waals surface area contributed by atoms with E-state index in [9.17, 15) is 31.2 Å². The lowest BCUT2D eigenvalue weighted by atomic mass is 10.1. The maximum Gasteiger partial charge on any atom is 0.337 e. The Morgan fingerprint density at radius 1 is 0.562 bits per heavy atom. The number of carbonyl (C=O) groups excluding carboxylic acids is 3. The normalized spacial score (nSPS) is 15.2. The molecule has 0 unspecified atom stereocenters. The summed E-state index contributed by atoms with van der Waals surface area (Å²) in [6.45, 7) is 1.93. The Hall–Kier alpha value is -5.82. The van der Waals surface area contributed by atoms with Crippen molar-refractivity contribution in [2.75, 3.05) is 33.3 Å². The van der Waals surface area contributed by atoms with Crippen LogP contribution in [0.25, 0.3) is 22.1 Å². The van der Waals surface area contributed by atoms with Crippen LogP contribution in [0.5, 0.6) is 0 Å². The van der Waals surface area contributed by atoms with E-state index in [1.54, 1.807) is 108 Å². The first-order chi connectivity index (χ1) is 35.1. The van der Waals surface area contributed by atoms with Gasteiger partial charge in [0.2, 0.25) is 0 Å². The molecule has 2 amide bonds. The molecular weight excluding hydrogens is 1080 g/mol. The first-order valence-electron chi connectivity index (χ1n) is 22.8. The average molecular weight is 1120 g/mol. The van der Waals surface area contributed by atoms with Crippen molar-refractivity contribution in [3.05, 3.63) is 151 Å². The van der Waals surface area contributed by atoms with Crippen LogP contribution in [0.4, 0.5) is 0 Å². The highest BCUT2D eigenvalue weighted by Gasteiger charge is 2.34. The molecule has 4 aromatic heterocycles. The van der Waals surface area contributed by atoms with E-state index in [0.717, 1.165) is 37.6 Å². The fourth-order valence-electron chi connectivity index (χ4n) is 8.47. The van der Waals surface area contributed by atoms with E-state index in [1.165, 1.54) is 27.1 Å². The number of hydrogen-bond acceptors (Lipinski definition) is 14. The third-order valence-corrected chi connectivity index (χ3v) is 20.0. The van der Waals surface area contributed by atoms with E-state index < -0.39 is 26.0 Å². The zero-order valence-corrected chi connectivity index (χ0v) is 44.3. The van der Waals surface area contributed by atoms with Gasteiger partial charge in [0.15, 0.2) is 0 Å². The van der Waals surface area contributed by atoms with Crippen LogP contribution >= 0.6 is 57.5 Å². The average Bonchev–Trinajstić information content (AvgIpc) is 4.25. The second kappa shape index (κ2) is 22.3. The van der Waals surface area contributed by atoms with Gasteiger partial charge < -0.3 is 15.4 Å². The SMILES string of the molecule is COC(=O)c1ccc2c(c1)nnn2C1CCN(S(=O)(=O)c2ccc(CNC(=O)c3ccc(Cl)cc3)s2)CC1.O=C(NCc1ccc(S(=O)(=O)N2CCC(n3nnc4cc(Cl)ccc43)CC2)s1)c1ccc(Cl)cc1. The van der Waals surface area contributed by atoms with Crippen LogP contribution in [-0.4, -0.2) is 107 Å². The molecule has 2 saturated heterocycles. The minimum atomic E-state index is -3.66. The summed E-state index contributed by atoms with van der Waals surface area (Å²) in [7, 11) is -5.95. The first-order valence-corrected chi connectivity index (χ1v) is 28.4. The second-order valence-corrected chi connectivity index (χ2v) is 25.0. The fraction of sp³-hybridized carbons (Fsp3) is 0.271. The van der Waals surface area contributed by atoms with Crippen molar-refractivity contribution in [1.82, 2.24) is 49.2 Å². The van der Waals surface area contributed by atoms with Crippen LogP contribution in [0.1, 0.15) is 78.6 Å². The van der Waals surface area contributed by atoms with Gasteiger partial charge in [0.05, 0.1) is 48.9 Å². The summed E-state index contributed by atoms with van der Waals surface area (Å²) >= 11 is 20.1. The van der Waals surface area contributed by atoms with Crippen molar-refractivity contribution in [3.63, 3.8) is 0 Å². The number of methoxy groups -OCH3 is 1. The standard InChI is InChI=1S/C25H24ClN5O5S2.C23H21Cl2N5O3S2/c1-36-25(33)17-4-8-22-21(14-17)28-29-31(22)19-10-12-30(13-11-19)38(34,35)23-9-7-20(37-23)15-27-24(32)16-2-5-18(26)6-3-16;24-16-3-1-15(2-4-16)23(31)26-14-19-6-8-22(34-19)35(32,33)29-11-9-18(10-12-29)30-21-7-5-17(25)13-20(21)27-28-30/h2-9,14,19H,10-13,15H2,1H3,(H,27,32);1-8,13,18H,9-12,14H2,(H,26,31). The maximum atomic E-state index is 13.3. The zero-order chi connectivity index (χ0) is 51.4. The van der Waals surface area contributed by atoms with Gasteiger partial charge in [-0.15, -0.1) is 32.9 Å². The minimum absolute atomic E-state index is 0.0163. The molecule has 4 aromatic carbocycles. The van der Waals surface area contributed by atoms with Crippen molar-refractivity contribution < 1.29 is 36.0 Å². The quantitative estimate of drug-likeness (QED) is 0.104. The summed E-state index contributed by atoms with van der Waals surface area (Å²) in [6, 6.07) is 30.4. The van der Waals surface area contributed by atoms with Gasteiger partial charge in [-0.2, -0.15) is 8.61 Å². The molecule has 0 spiro atoms. The molecule has 2 fully saturated rings. The van der Waals surface area contributed by atoms with E-state index in [2.05, 4.69) is 31.3 Å². The third kappa shape index (κ3) is 11.8. The largest absolute Gasteiger partial charge is 0.465 e. The monoisotopic (exact) mass is 1120 g/mol. The van der Waals surface area contributed by atoms with Gasteiger partial charge in [0.25, 0.3) is 31.9 Å². The lowest BCUT2D eigenvalue weighted by Gasteiger charge is -2.30. The number of benzene rings is 4. The van der Waals surface area contributed by atoms with Gasteiger partial charge in [-0.05, 0) is 135 Å². The molecule has 0 saturated carbocycles. The smallest absolute Gasteiger partial charge is 0.337 e. The van der Waals surface area contributed by atoms with Crippen LogP contribution < -0.4 is 10.6 Å². The van der Waals surface area contributed by atoms with Crippen LogP contribution in [0.3, 0.4) is 0 Å². The molecule has 380 valence electrons. The van der Waals surface area contributed by atoms with E-state index >= 15 is 0 Å². The van der Waals surface area contributed by atoms with Crippen molar-refractivity contribution in [2.45, 2.75) is 59.3 Å². The number of fused-ring (bicyclic) bond motifs is 2. The number of nitrogens with one attached hydrogen (secondary N) is 2. The van der Waals surface area contributed by atoms with Crippen LogP contribution in [-0.2, 0) is 37.9 Å². The molecule has 8 aromatic rings. The van der Waals surface area contributed by atoms with Crippen LogP contribution in [0.15, 0.2) is 118 Å². The molecule has 18 nitrogen and oxygen atoms in total. The number of amides is 2. The summed E-state index contributed by atoms with van der Waals surface area (Å²) < 4.78 is 65.0. The number of nitrogens with zero attached hydrogens (tertiary/aromatic N) is 8. The third-order valence-electron chi connectivity index (χ3n) is 12.4. The highest BCUT2D eigenvalue weighted by Crippen LogP contribution is 2.34. The van der Waals surface area contributed by atoms with Crippen molar-refractivity contribution in [1.29, 1.82) is 0 Å². The molecule has 0 radical (unpaired) electrons. The number of rotatable bonds is 13. The molecule has 0 aliphatic carbocycles. The fourth-order valence-corrected chi connectivity index (χ4v) is 14.7. The molecule has 25 heteroatoms. The Kier molecular flexibility index (Phi) is 15.9. The van der Waals surface area contributed by atoms with Gasteiger partial charge >= 0.3 is 5.97 Å². The van der Waals surface area contributed by atoms with E-state index in [1.807, 2.05) is 10.7 Å². The topological polar surface area (TPSA) is 221 Å². The Bertz CT molecular complexity index is 3530. The predicted molar refractivity (Wildman–Crippen MR) is 279 cm³/mol. The minimum Gasteiger partial charge on any atom is -0.465 e. The molecule has 10 rings (SSSR count). The lowest BCUT2D eigenvalue weighted by Crippen LogP contribution is -2.38. The van der Waals surface area contributed by atoms with Gasteiger partial charge in [-0.3, -0.25) is 9.59 Å². The number of halogens is 3. The summed E-state index contributed by atoms with van der Waals surface area (Å²) in [5.41, 5.74) is 4.34. The number of sulfonamides is 2. The number of aromatic nitrogens is 6. The van der Waals surface area contributed by atoms with E-state index in [0.29, 0.717) is 89.1 Å². The summed E-state index contributed by atoms with van der Waals surface area (Å²) in [5, 5.41) is 24.2. The number of carbonyl (C=O) groups is 3. The van der Waals surface area contributed by atoms with Crippen molar-refractivity contribution >= 4 is 117 Å². The van der Waals surface area contributed by atoms with Gasteiger partial charge in [-0.1, -0.05) is 45.2 Å². The Balaban J connectivity index is 0.000000180. The molecule has 6 heterocycles. The van der Waals surface area contributed by atoms with Gasteiger partial charge in [0.1, 0.15) is 19.5 Å².